The largest absolute Gasteiger partial charge is 0.366 e. The number of amides is 1. The molecule has 0 saturated heterocycles. The monoisotopic (exact) mass is 241 g/mol. The SMILES string of the molecule is Cc1ccc(C(N)=O)cc1-n1cnc(C2CC2)c1. The van der Waals surface area contributed by atoms with E-state index in [1.807, 2.05) is 29.8 Å². The molecule has 3 rings (SSSR count). The molecule has 0 aliphatic heterocycles. The van der Waals surface area contributed by atoms with Crippen molar-refractivity contribution < 1.29 is 4.79 Å². The predicted molar refractivity (Wildman–Crippen MR) is 68.8 cm³/mol. The normalized spacial score (nSPS) is 14.7. The summed E-state index contributed by atoms with van der Waals surface area (Å²) in [5.74, 6) is 0.227. The number of aryl methyl sites for hydroxylation is 1. The van der Waals surface area contributed by atoms with Crippen molar-refractivity contribution >= 4 is 5.91 Å². The minimum atomic E-state index is -0.404. The van der Waals surface area contributed by atoms with Gasteiger partial charge in [-0.15, -0.1) is 0 Å². The van der Waals surface area contributed by atoms with Gasteiger partial charge in [0.2, 0.25) is 5.91 Å². The zero-order chi connectivity index (χ0) is 12.7. The number of imidazole rings is 1. The lowest BCUT2D eigenvalue weighted by molar-refractivity contribution is 0.100. The van der Waals surface area contributed by atoms with Gasteiger partial charge in [0.1, 0.15) is 0 Å². The maximum absolute atomic E-state index is 11.2. The summed E-state index contributed by atoms with van der Waals surface area (Å²) >= 11 is 0. The third-order valence-electron chi connectivity index (χ3n) is 3.37. The molecule has 1 aromatic carbocycles. The van der Waals surface area contributed by atoms with Crippen molar-refractivity contribution in [1.82, 2.24) is 9.55 Å². The summed E-state index contributed by atoms with van der Waals surface area (Å²) in [6.45, 7) is 2.01. The van der Waals surface area contributed by atoms with Gasteiger partial charge in [-0.1, -0.05) is 6.07 Å². The molecule has 1 aliphatic carbocycles. The zero-order valence-corrected chi connectivity index (χ0v) is 10.3. The van der Waals surface area contributed by atoms with Gasteiger partial charge in [0.15, 0.2) is 0 Å². The Hall–Kier alpha value is -2.10. The minimum Gasteiger partial charge on any atom is -0.366 e. The highest BCUT2D eigenvalue weighted by Crippen LogP contribution is 2.39. The van der Waals surface area contributed by atoms with Gasteiger partial charge < -0.3 is 10.3 Å². The number of nitrogens with two attached hydrogens (primary N) is 1. The number of aromatic nitrogens is 2. The number of primary amides is 1. The summed E-state index contributed by atoms with van der Waals surface area (Å²) in [5, 5.41) is 0. The lowest BCUT2D eigenvalue weighted by Crippen LogP contribution is -2.11. The fourth-order valence-electron chi connectivity index (χ4n) is 2.10. The van der Waals surface area contributed by atoms with Crippen molar-refractivity contribution in [2.75, 3.05) is 0 Å². The van der Waals surface area contributed by atoms with Gasteiger partial charge in [0, 0.05) is 17.7 Å². The summed E-state index contributed by atoms with van der Waals surface area (Å²) < 4.78 is 1.97. The minimum absolute atomic E-state index is 0.404. The highest BCUT2D eigenvalue weighted by Gasteiger charge is 2.25. The first kappa shape index (κ1) is 11.0. The Morgan fingerprint density at radius 3 is 2.89 bits per heavy atom. The van der Waals surface area contributed by atoms with Crippen molar-refractivity contribution in [3.8, 4) is 5.69 Å². The van der Waals surface area contributed by atoms with Crippen LogP contribution in [0.3, 0.4) is 0 Å². The molecule has 1 fully saturated rings. The molecule has 2 N–H and O–H groups in total. The third kappa shape index (κ3) is 1.90. The number of carbonyl (C=O) groups is 1. The summed E-state index contributed by atoms with van der Waals surface area (Å²) in [5.41, 5.74) is 9.03. The predicted octanol–water partition coefficient (Wildman–Crippen LogP) is 2.16. The molecule has 1 aliphatic rings. The topological polar surface area (TPSA) is 60.9 Å². The van der Waals surface area contributed by atoms with E-state index in [2.05, 4.69) is 4.98 Å². The molecule has 1 amide bonds. The Morgan fingerprint density at radius 2 is 2.22 bits per heavy atom. The van der Waals surface area contributed by atoms with Crippen LogP contribution >= 0.6 is 0 Å². The standard InChI is InChI=1S/C14H15N3O/c1-9-2-3-11(14(15)18)6-13(9)17-7-12(16-8-17)10-4-5-10/h2-3,6-8,10H,4-5H2,1H3,(H2,15,18). The number of rotatable bonds is 3. The summed E-state index contributed by atoms with van der Waals surface area (Å²) in [6.07, 6.45) is 6.32. The first-order chi connectivity index (χ1) is 8.65. The van der Waals surface area contributed by atoms with Crippen LogP contribution in [0.2, 0.25) is 0 Å². The molecule has 1 saturated carbocycles. The smallest absolute Gasteiger partial charge is 0.248 e. The molecule has 1 aromatic heterocycles. The summed E-state index contributed by atoms with van der Waals surface area (Å²) in [6, 6.07) is 5.47. The highest BCUT2D eigenvalue weighted by molar-refractivity contribution is 5.93. The molecule has 0 radical (unpaired) electrons. The van der Waals surface area contributed by atoms with Crippen molar-refractivity contribution in [2.45, 2.75) is 25.7 Å². The van der Waals surface area contributed by atoms with Gasteiger partial charge >= 0.3 is 0 Å². The van der Waals surface area contributed by atoms with Crippen LogP contribution in [0, 0.1) is 6.92 Å². The van der Waals surface area contributed by atoms with Crippen LogP contribution in [0.4, 0.5) is 0 Å². The van der Waals surface area contributed by atoms with Crippen LogP contribution < -0.4 is 5.73 Å². The van der Waals surface area contributed by atoms with E-state index in [1.165, 1.54) is 12.8 Å². The molecule has 0 unspecified atom stereocenters. The van der Waals surface area contributed by atoms with Crippen LogP contribution in [-0.4, -0.2) is 15.5 Å². The van der Waals surface area contributed by atoms with Crippen molar-refractivity contribution in [3.63, 3.8) is 0 Å². The second-order valence-electron chi connectivity index (χ2n) is 4.85. The van der Waals surface area contributed by atoms with E-state index in [0.717, 1.165) is 16.9 Å². The molecular formula is C14H15N3O. The number of benzene rings is 1. The van der Waals surface area contributed by atoms with E-state index >= 15 is 0 Å². The van der Waals surface area contributed by atoms with E-state index in [4.69, 9.17) is 5.73 Å². The molecule has 1 heterocycles. The van der Waals surface area contributed by atoms with E-state index < -0.39 is 5.91 Å². The van der Waals surface area contributed by atoms with E-state index in [0.29, 0.717) is 11.5 Å². The molecule has 0 bridgehead atoms. The average molecular weight is 241 g/mol. The van der Waals surface area contributed by atoms with E-state index in [9.17, 15) is 4.79 Å². The Labute approximate surface area is 105 Å². The first-order valence-corrected chi connectivity index (χ1v) is 6.10. The van der Waals surface area contributed by atoms with Crippen molar-refractivity contribution in [1.29, 1.82) is 0 Å². The zero-order valence-electron chi connectivity index (χ0n) is 10.3. The Morgan fingerprint density at radius 1 is 1.44 bits per heavy atom. The van der Waals surface area contributed by atoms with Gasteiger partial charge in [-0.3, -0.25) is 4.79 Å². The summed E-state index contributed by atoms with van der Waals surface area (Å²) in [4.78, 5) is 15.6. The van der Waals surface area contributed by atoms with Crippen LogP contribution in [0.1, 0.15) is 40.4 Å². The Balaban J connectivity index is 2.03. The second kappa shape index (κ2) is 3.98. The fourth-order valence-corrected chi connectivity index (χ4v) is 2.10. The quantitative estimate of drug-likeness (QED) is 0.895. The molecular weight excluding hydrogens is 226 g/mol. The van der Waals surface area contributed by atoms with Crippen LogP contribution in [0.25, 0.3) is 5.69 Å². The fraction of sp³-hybridized carbons (Fsp3) is 0.286. The molecule has 18 heavy (non-hydrogen) atoms. The third-order valence-corrected chi connectivity index (χ3v) is 3.37. The van der Waals surface area contributed by atoms with Gasteiger partial charge in [-0.2, -0.15) is 0 Å². The van der Waals surface area contributed by atoms with E-state index in [-0.39, 0.29) is 0 Å². The molecule has 0 spiro atoms. The molecule has 0 atom stereocenters. The molecule has 4 nitrogen and oxygen atoms in total. The van der Waals surface area contributed by atoms with Crippen LogP contribution in [-0.2, 0) is 0 Å². The maximum atomic E-state index is 11.2. The van der Waals surface area contributed by atoms with Crippen molar-refractivity contribution in [2.24, 2.45) is 5.73 Å². The highest BCUT2D eigenvalue weighted by atomic mass is 16.1. The van der Waals surface area contributed by atoms with Gasteiger partial charge in [-0.05, 0) is 37.5 Å². The molecule has 2 aromatic rings. The van der Waals surface area contributed by atoms with Gasteiger partial charge in [-0.25, -0.2) is 4.98 Å². The number of carbonyl (C=O) groups excluding carboxylic acids is 1. The summed E-state index contributed by atoms with van der Waals surface area (Å²) in [7, 11) is 0. The van der Waals surface area contributed by atoms with Crippen molar-refractivity contribution in [3.05, 3.63) is 47.5 Å². The number of nitrogens with zero attached hydrogens (tertiary/aromatic N) is 2. The Kier molecular flexibility index (Phi) is 2.44. The second-order valence-corrected chi connectivity index (χ2v) is 4.85. The van der Waals surface area contributed by atoms with Gasteiger partial charge in [0.25, 0.3) is 0 Å². The maximum Gasteiger partial charge on any atom is 0.248 e. The molecule has 4 heteroatoms. The van der Waals surface area contributed by atoms with Gasteiger partial charge in [0.05, 0.1) is 17.7 Å². The number of hydrogen-bond acceptors (Lipinski definition) is 2. The van der Waals surface area contributed by atoms with E-state index in [1.54, 1.807) is 12.4 Å². The van der Waals surface area contributed by atoms with Crippen LogP contribution in [0.15, 0.2) is 30.7 Å². The lowest BCUT2D eigenvalue weighted by atomic mass is 10.1. The number of hydrogen-bond donors (Lipinski definition) is 1. The first-order valence-electron chi connectivity index (χ1n) is 6.10. The Bertz CT molecular complexity index is 611. The molecule has 92 valence electrons. The van der Waals surface area contributed by atoms with Crippen LogP contribution in [0.5, 0.6) is 0 Å². The average Bonchev–Trinajstić information content (AvgIpc) is 3.08. The lowest BCUT2D eigenvalue weighted by Gasteiger charge is -2.07.